The van der Waals surface area contributed by atoms with Gasteiger partial charge in [0.15, 0.2) is 5.75 Å². The van der Waals surface area contributed by atoms with E-state index in [-0.39, 0.29) is 27.1 Å². The molecule has 1 amide bonds. The molecule has 1 aromatic carbocycles. The minimum atomic E-state index is -0.0993. The van der Waals surface area contributed by atoms with E-state index in [1.54, 1.807) is 19.4 Å². The highest BCUT2D eigenvalue weighted by Gasteiger charge is 2.15. The number of halogens is 1. The molecule has 1 aliphatic rings. The number of hydrogen-bond donors (Lipinski definition) is 1. The zero-order chi connectivity index (χ0) is 17.2. The van der Waals surface area contributed by atoms with Gasteiger partial charge in [-0.3, -0.25) is 9.78 Å². The van der Waals surface area contributed by atoms with Gasteiger partial charge in [-0.25, -0.2) is 0 Å². The van der Waals surface area contributed by atoms with Crippen molar-refractivity contribution in [3.8, 4) is 11.5 Å². The van der Waals surface area contributed by atoms with Crippen LogP contribution in [0, 0.1) is 0 Å². The number of nitrogens with one attached hydrogen (secondary N) is 1. The molecule has 3 heterocycles. The van der Waals surface area contributed by atoms with Gasteiger partial charge in [0.1, 0.15) is 5.75 Å². The molecule has 0 spiro atoms. The number of rotatable bonds is 4. The summed E-state index contributed by atoms with van der Waals surface area (Å²) in [6, 6.07) is 9.87. The molecular formula is C19H14IN2O2S. The van der Waals surface area contributed by atoms with Gasteiger partial charge in [0, 0.05) is 24.2 Å². The average molecular weight is 461 g/mol. The van der Waals surface area contributed by atoms with Gasteiger partial charge in [-0.2, -0.15) is 0 Å². The molecule has 1 aliphatic heterocycles. The van der Waals surface area contributed by atoms with Crippen LogP contribution in [0.5, 0.6) is 11.5 Å². The van der Waals surface area contributed by atoms with Crippen molar-refractivity contribution >= 4 is 54.1 Å². The number of carbonyl (C=O) groups is 1. The van der Waals surface area contributed by atoms with E-state index in [2.05, 4.69) is 30.6 Å². The fraction of sp³-hybridized carbons (Fsp3) is 0.0526. The van der Waals surface area contributed by atoms with Crippen LogP contribution in [0.2, 0.25) is 0 Å². The Kier molecular flexibility index (Phi) is 4.54. The number of ether oxygens (including phenoxy) is 1. The molecule has 4 nitrogen and oxygen atoms in total. The topological polar surface area (TPSA) is 51.2 Å². The number of amides is 1. The largest absolute Gasteiger partial charge is 0.454 e. The van der Waals surface area contributed by atoms with Crippen LogP contribution in [0.15, 0.2) is 57.0 Å². The lowest BCUT2D eigenvalue weighted by Gasteiger charge is -2.11. The Hall–Kier alpha value is -2.19. The highest BCUT2D eigenvalue weighted by Crippen LogP contribution is 2.40. The third-order valence-corrected chi connectivity index (χ3v) is 6.65. The van der Waals surface area contributed by atoms with Crippen molar-refractivity contribution in [2.75, 3.05) is 7.05 Å². The standard InChI is InChI=1S/C19H14IN2O2S/c1-21-19(23)17-8-14-16(10-22-11-18(14)25-17)24-15-5-3-2-4-13(15)12-6-7-20-9-12/h2-11H,1H3,(H,21,23). The van der Waals surface area contributed by atoms with Crippen molar-refractivity contribution in [2.24, 2.45) is 0 Å². The molecule has 25 heavy (non-hydrogen) atoms. The summed E-state index contributed by atoms with van der Waals surface area (Å²) >= 11 is 1.43. The molecule has 0 saturated carbocycles. The Bertz CT molecular complexity index is 1020. The van der Waals surface area contributed by atoms with Crippen LogP contribution in [0.4, 0.5) is 0 Å². The molecular weight excluding hydrogens is 447 g/mol. The van der Waals surface area contributed by atoms with Crippen LogP contribution in [-0.4, -0.2) is 17.9 Å². The Labute approximate surface area is 159 Å². The number of para-hydroxylation sites is 1. The fourth-order valence-corrected chi connectivity index (χ4v) is 5.28. The van der Waals surface area contributed by atoms with Gasteiger partial charge in [0.2, 0.25) is 0 Å². The normalized spacial score (nSPS) is 13.1. The molecule has 0 fully saturated rings. The Balaban J connectivity index is 1.76. The zero-order valence-corrected chi connectivity index (χ0v) is 16.3. The van der Waals surface area contributed by atoms with Crippen molar-refractivity contribution in [1.29, 1.82) is 0 Å². The van der Waals surface area contributed by atoms with E-state index in [4.69, 9.17) is 4.74 Å². The van der Waals surface area contributed by atoms with Crippen molar-refractivity contribution in [1.82, 2.24) is 10.3 Å². The van der Waals surface area contributed by atoms with Crippen molar-refractivity contribution < 1.29 is 9.53 Å². The summed E-state index contributed by atoms with van der Waals surface area (Å²) in [5.41, 5.74) is 2.29. The molecule has 0 saturated heterocycles. The molecule has 2 aromatic heterocycles. The van der Waals surface area contributed by atoms with Crippen LogP contribution in [0.1, 0.15) is 15.2 Å². The van der Waals surface area contributed by atoms with Crippen LogP contribution in [0.25, 0.3) is 15.7 Å². The van der Waals surface area contributed by atoms with Crippen molar-refractivity contribution in [3.63, 3.8) is 0 Å². The van der Waals surface area contributed by atoms with Gasteiger partial charge < -0.3 is 10.1 Å². The number of thiophene rings is 1. The van der Waals surface area contributed by atoms with Crippen LogP contribution < -0.4 is 10.1 Å². The number of benzene rings is 1. The monoisotopic (exact) mass is 461 g/mol. The number of allylic oxidation sites excluding steroid dienone is 2. The first kappa shape index (κ1) is 16.3. The van der Waals surface area contributed by atoms with Crippen LogP contribution in [-0.2, 0) is 0 Å². The number of hydrogen-bond acceptors (Lipinski definition) is 4. The molecule has 4 rings (SSSR count). The van der Waals surface area contributed by atoms with E-state index in [0.29, 0.717) is 10.6 Å². The van der Waals surface area contributed by atoms with Gasteiger partial charge in [0.05, 0.1) is 15.8 Å². The van der Waals surface area contributed by atoms with Gasteiger partial charge in [-0.1, -0.05) is 39.4 Å². The second kappa shape index (κ2) is 6.97. The van der Waals surface area contributed by atoms with E-state index in [1.807, 2.05) is 24.3 Å². The maximum Gasteiger partial charge on any atom is 0.261 e. The van der Waals surface area contributed by atoms with Gasteiger partial charge in [-0.15, -0.1) is 11.3 Å². The minimum absolute atomic E-state index is 0.0146. The lowest BCUT2D eigenvalue weighted by molar-refractivity contribution is 0.0967. The summed E-state index contributed by atoms with van der Waals surface area (Å²) in [6.07, 6.45) is 5.62. The third-order valence-electron chi connectivity index (χ3n) is 3.77. The van der Waals surface area contributed by atoms with E-state index in [9.17, 15) is 4.79 Å². The van der Waals surface area contributed by atoms with E-state index < -0.39 is 0 Å². The SMILES string of the molecule is CNC(=O)c1cc2c(Oc3ccccc3C3=C[I]C=C3)cncc2s1. The molecule has 0 atom stereocenters. The van der Waals surface area contributed by atoms with Crippen molar-refractivity contribution in [3.05, 3.63) is 67.4 Å². The molecule has 1 radical (unpaired) electrons. The third kappa shape index (κ3) is 3.19. The maximum atomic E-state index is 11.9. The summed E-state index contributed by atoms with van der Waals surface area (Å²) in [4.78, 5) is 16.8. The molecule has 0 aliphatic carbocycles. The van der Waals surface area contributed by atoms with E-state index in [1.165, 1.54) is 16.9 Å². The zero-order valence-electron chi connectivity index (χ0n) is 13.3. The lowest BCUT2D eigenvalue weighted by Crippen LogP contribution is -2.15. The summed E-state index contributed by atoms with van der Waals surface area (Å²) in [5, 5.41) is 3.56. The first-order valence-electron chi connectivity index (χ1n) is 7.62. The second-order valence-electron chi connectivity index (χ2n) is 5.32. The van der Waals surface area contributed by atoms with E-state index >= 15 is 0 Å². The Morgan fingerprint density at radius 1 is 1.24 bits per heavy atom. The summed E-state index contributed by atoms with van der Waals surface area (Å²) in [7, 11) is 1.63. The van der Waals surface area contributed by atoms with Crippen LogP contribution in [0.3, 0.4) is 0 Å². The lowest BCUT2D eigenvalue weighted by atomic mass is 10.1. The quantitative estimate of drug-likeness (QED) is 0.538. The highest BCUT2D eigenvalue weighted by atomic mass is 127. The maximum absolute atomic E-state index is 11.9. The predicted molar refractivity (Wildman–Crippen MR) is 111 cm³/mol. The van der Waals surface area contributed by atoms with Gasteiger partial charge >= 0.3 is 0 Å². The Morgan fingerprint density at radius 2 is 2.12 bits per heavy atom. The first-order chi connectivity index (χ1) is 12.3. The molecule has 1 N–H and O–H groups in total. The molecule has 6 heteroatoms. The highest BCUT2D eigenvalue weighted by molar-refractivity contribution is 14.2. The Morgan fingerprint density at radius 3 is 2.92 bits per heavy atom. The van der Waals surface area contributed by atoms with Crippen LogP contribution >= 0.6 is 32.5 Å². The number of fused-ring (bicyclic) bond motifs is 1. The molecule has 0 bridgehead atoms. The minimum Gasteiger partial charge on any atom is -0.454 e. The average Bonchev–Trinajstić information content (AvgIpc) is 3.31. The number of carbonyl (C=O) groups excluding carboxylic acids is 1. The predicted octanol–water partition coefficient (Wildman–Crippen LogP) is 5.29. The summed E-state index contributed by atoms with van der Waals surface area (Å²) in [6.45, 7) is 0. The first-order valence-corrected chi connectivity index (χ1v) is 10.9. The van der Waals surface area contributed by atoms with E-state index in [0.717, 1.165) is 21.4 Å². The fourth-order valence-electron chi connectivity index (χ4n) is 2.56. The van der Waals surface area contributed by atoms with Gasteiger partial charge in [-0.05, 0) is 31.9 Å². The summed E-state index contributed by atoms with van der Waals surface area (Å²) < 4.78 is 11.7. The smallest absolute Gasteiger partial charge is 0.261 e. The van der Waals surface area contributed by atoms with Crippen molar-refractivity contribution in [2.45, 2.75) is 0 Å². The number of pyridine rings is 1. The molecule has 125 valence electrons. The summed E-state index contributed by atoms with van der Waals surface area (Å²) in [5.74, 6) is 1.36. The number of aromatic nitrogens is 1. The molecule has 3 aromatic rings. The number of nitrogens with zero attached hydrogens (tertiary/aromatic N) is 1. The second-order valence-corrected chi connectivity index (χ2v) is 8.47. The van der Waals surface area contributed by atoms with Gasteiger partial charge in [0.25, 0.3) is 5.91 Å². The molecule has 0 unspecified atom stereocenters.